The fraction of sp³-hybridized carbons (Fsp3) is 0.136. The van der Waals surface area contributed by atoms with E-state index in [1.54, 1.807) is 0 Å². The first kappa shape index (κ1) is 26.5. The van der Waals surface area contributed by atoms with Gasteiger partial charge in [-0.05, 0) is 60.2 Å². The summed E-state index contributed by atoms with van der Waals surface area (Å²) in [5.41, 5.74) is -0.679. The Morgan fingerprint density at radius 3 is 2.29 bits per heavy atom. The molecule has 0 saturated carbocycles. The lowest BCUT2D eigenvalue weighted by atomic mass is 10.2. The molecule has 0 heterocycles. The number of hydrogen-bond acceptors (Lipinski definition) is 3. The zero-order valence-corrected chi connectivity index (χ0v) is 21.0. The molecule has 180 valence electrons. The van der Waals surface area contributed by atoms with Crippen molar-refractivity contribution in [1.82, 2.24) is 4.31 Å². The number of rotatable bonds is 7. The highest BCUT2D eigenvalue weighted by Gasteiger charge is 2.31. The minimum Gasteiger partial charge on any atom is -0.325 e. The fourth-order valence-corrected chi connectivity index (χ4v) is 5.06. The summed E-state index contributed by atoms with van der Waals surface area (Å²) >= 11 is 15.3. The van der Waals surface area contributed by atoms with Gasteiger partial charge in [0.15, 0.2) is 0 Å². The second-order valence-electron chi connectivity index (χ2n) is 7.09. The van der Waals surface area contributed by atoms with Gasteiger partial charge in [0.25, 0.3) is 0 Å². The van der Waals surface area contributed by atoms with Crippen LogP contribution in [0.25, 0.3) is 0 Å². The minimum absolute atomic E-state index is 0.0762. The van der Waals surface area contributed by atoms with Crippen LogP contribution in [0.2, 0.25) is 10.0 Å². The molecule has 3 rings (SSSR count). The van der Waals surface area contributed by atoms with E-state index >= 15 is 0 Å². The van der Waals surface area contributed by atoms with Gasteiger partial charge in [-0.3, -0.25) is 4.79 Å². The molecule has 3 aromatic carbocycles. The first-order chi connectivity index (χ1) is 15.9. The van der Waals surface area contributed by atoms with Gasteiger partial charge >= 0.3 is 6.18 Å². The van der Waals surface area contributed by atoms with Crippen molar-refractivity contribution in [3.63, 3.8) is 0 Å². The van der Waals surface area contributed by atoms with E-state index in [0.717, 1.165) is 22.5 Å². The van der Waals surface area contributed by atoms with Crippen molar-refractivity contribution in [2.45, 2.75) is 17.6 Å². The maximum absolute atomic E-state index is 13.3. The molecule has 0 fully saturated rings. The topological polar surface area (TPSA) is 66.5 Å². The van der Waals surface area contributed by atoms with E-state index in [2.05, 4.69) is 21.2 Å². The Morgan fingerprint density at radius 1 is 1.00 bits per heavy atom. The summed E-state index contributed by atoms with van der Waals surface area (Å²) in [7, 11) is -4.18. The normalized spacial score (nSPS) is 12.1. The van der Waals surface area contributed by atoms with Gasteiger partial charge in [-0.2, -0.15) is 17.5 Å². The lowest BCUT2D eigenvalue weighted by molar-refractivity contribution is -0.137. The van der Waals surface area contributed by atoms with Gasteiger partial charge in [0.1, 0.15) is 0 Å². The van der Waals surface area contributed by atoms with E-state index in [9.17, 15) is 26.4 Å². The Bertz CT molecular complexity index is 1300. The van der Waals surface area contributed by atoms with Crippen LogP contribution in [0, 0.1) is 0 Å². The molecular formula is C22H16BrCl2F3N2O3S. The van der Waals surface area contributed by atoms with Gasteiger partial charge in [0.2, 0.25) is 15.9 Å². The predicted octanol–water partition coefficient (Wildman–Crippen LogP) is 6.60. The third-order valence-electron chi connectivity index (χ3n) is 4.61. The standard InChI is InChI=1S/C22H16BrCl2F3N2O3S/c23-16-5-8-19(9-6-16)34(32,33)30(12-14-4-7-17(24)11-20(14)25)13-21(31)29-18-3-1-2-15(10-18)22(26,27)28/h1-11H,12-13H2,(H,29,31). The van der Waals surface area contributed by atoms with E-state index < -0.39 is 34.2 Å². The summed E-state index contributed by atoms with van der Waals surface area (Å²) in [4.78, 5) is 12.6. The molecule has 0 bridgehead atoms. The molecule has 5 nitrogen and oxygen atoms in total. The Labute approximate surface area is 212 Å². The van der Waals surface area contributed by atoms with Gasteiger partial charge in [-0.1, -0.05) is 51.3 Å². The molecule has 0 saturated heterocycles. The molecule has 12 heteroatoms. The predicted molar refractivity (Wildman–Crippen MR) is 128 cm³/mol. The van der Waals surface area contributed by atoms with Crippen LogP contribution >= 0.6 is 39.1 Å². The van der Waals surface area contributed by atoms with Crippen LogP contribution in [-0.2, 0) is 27.5 Å². The average Bonchev–Trinajstić information content (AvgIpc) is 2.75. The van der Waals surface area contributed by atoms with Gasteiger partial charge in [0.05, 0.1) is 17.0 Å². The van der Waals surface area contributed by atoms with Crippen LogP contribution in [0.15, 0.2) is 76.1 Å². The van der Waals surface area contributed by atoms with E-state index in [1.807, 2.05) is 0 Å². The van der Waals surface area contributed by atoms with Crippen molar-refractivity contribution in [3.05, 3.63) is 92.4 Å². The number of halogens is 6. The van der Waals surface area contributed by atoms with Gasteiger partial charge < -0.3 is 5.32 Å². The summed E-state index contributed by atoms with van der Waals surface area (Å²) in [6.07, 6.45) is -4.59. The second-order valence-corrected chi connectivity index (χ2v) is 10.8. The molecule has 1 amide bonds. The van der Waals surface area contributed by atoms with Gasteiger partial charge in [-0.15, -0.1) is 0 Å². The molecular weight excluding hydrogens is 580 g/mol. The van der Waals surface area contributed by atoms with Crippen LogP contribution in [0.4, 0.5) is 18.9 Å². The van der Waals surface area contributed by atoms with E-state index in [-0.39, 0.29) is 22.2 Å². The highest BCUT2D eigenvalue weighted by molar-refractivity contribution is 9.10. The number of hydrogen-bond donors (Lipinski definition) is 1. The van der Waals surface area contributed by atoms with Crippen molar-refractivity contribution in [1.29, 1.82) is 0 Å². The second kappa shape index (κ2) is 10.7. The molecule has 3 aromatic rings. The maximum Gasteiger partial charge on any atom is 0.416 e. The molecule has 0 unspecified atom stereocenters. The Kier molecular flexibility index (Phi) is 8.30. The highest BCUT2D eigenvalue weighted by atomic mass is 79.9. The number of nitrogens with one attached hydrogen (secondary N) is 1. The minimum atomic E-state index is -4.59. The number of carbonyl (C=O) groups is 1. The van der Waals surface area contributed by atoms with Crippen LogP contribution in [0.5, 0.6) is 0 Å². The monoisotopic (exact) mass is 594 g/mol. The van der Waals surface area contributed by atoms with Crippen molar-refractivity contribution >= 4 is 60.7 Å². The number of nitrogens with zero attached hydrogens (tertiary/aromatic N) is 1. The first-order valence-electron chi connectivity index (χ1n) is 9.53. The largest absolute Gasteiger partial charge is 0.416 e. The van der Waals surface area contributed by atoms with Crippen LogP contribution in [0.3, 0.4) is 0 Å². The van der Waals surface area contributed by atoms with Gasteiger partial charge in [0, 0.05) is 26.8 Å². The number of sulfonamides is 1. The zero-order chi connectivity index (χ0) is 25.1. The molecule has 1 N–H and O–H groups in total. The third-order valence-corrected chi connectivity index (χ3v) is 7.53. The number of carbonyl (C=O) groups excluding carboxylic acids is 1. The molecule has 0 aliphatic rings. The Hall–Kier alpha value is -2.11. The van der Waals surface area contributed by atoms with Crippen molar-refractivity contribution < 1.29 is 26.4 Å². The molecule has 0 aromatic heterocycles. The lowest BCUT2D eigenvalue weighted by Crippen LogP contribution is -2.37. The van der Waals surface area contributed by atoms with Gasteiger partial charge in [-0.25, -0.2) is 8.42 Å². The Morgan fingerprint density at radius 2 is 1.68 bits per heavy atom. The average molecular weight is 596 g/mol. The quantitative estimate of drug-likeness (QED) is 0.334. The molecule has 0 atom stereocenters. The summed E-state index contributed by atoms with van der Waals surface area (Å²) in [6.45, 7) is -0.946. The number of alkyl halides is 3. The molecule has 0 aliphatic carbocycles. The zero-order valence-electron chi connectivity index (χ0n) is 17.1. The van der Waals surface area contributed by atoms with Crippen LogP contribution in [0.1, 0.15) is 11.1 Å². The van der Waals surface area contributed by atoms with E-state index in [0.29, 0.717) is 15.1 Å². The lowest BCUT2D eigenvalue weighted by Gasteiger charge is -2.23. The Balaban J connectivity index is 1.90. The number of anilines is 1. The van der Waals surface area contributed by atoms with E-state index in [4.69, 9.17) is 23.2 Å². The molecule has 0 spiro atoms. The smallest absolute Gasteiger partial charge is 0.325 e. The summed E-state index contributed by atoms with van der Waals surface area (Å²) in [5.74, 6) is -0.829. The summed E-state index contributed by atoms with van der Waals surface area (Å²) in [5, 5.41) is 2.86. The SMILES string of the molecule is O=C(CN(Cc1ccc(Cl)cc1Cl)S(=O)(=O)c1ccc(Br)cc1)Nc1cccc(C(F)(F)F)c1. The van der Waals surface area contributed by atoms with Crippen molar-refractivity contribution in [2.75, 3.05) is 11.9 Å². The molecule has 0 aliphatic heterocycles. The number of benzene rings is 3. The van der Waals surface area contributed by atoms with Crippen LogP contribution in [-0.4, -0.2) is 25.2 Å². The third kappa shape index (κ3) is 6.73. The van der Waals surface area contributed by atoms with Crippen molar-refractivity contribution in [2.24, 2.45) is 0 Å². The fourth-order valence-electron chi connectivity index (χ4n) is 2.96. The summed E-state index contributed by atoms with van der Waals surface area (Å²) in [6, 6.07) is 14.3. The van der Waals surface area contributed by atoms with Crippen molar-refractivity contribution in [3.8, 4) is 0 Å². The molecule has 34 heavy (non-hydrogen) atoms. The van der Waals surface area contributed by atoms with E-state index in [1.165, 1.54) is 48.5 Å². The maximum atomic E-state index is 13.3. The molecule has 0 radical (unpaired) electrons. The summed E-state index contributed by atoms with van der Waals surface area (Å²) < 4.78 is 67.1. The first-order valence-corrected chi connectivity index (χ1v) is 12.5. The van der Waals surface area contributed by atoms with Crippen LogP contribution < -0.4 is 5.32 Å². The number of amides is 1. The highest BCUT2D eigenvalue weighted by Crippen LogP contribution is 2.31.